The van der Waals surface area contributed by atoms with Gasteiger partial charge in [0.1, 0.15) is 0 Å². The SMILES string of the molecule is Cc1ccc(C(NN)C2CC2)cc1Cl. The van der Waals surface area contributed by atoms with Gasteiger partial charge in [0.15, 0.2) is 0 Å². The van der Waals surface area contributed by atoms with Crippen LogP contribution in [0.4, 0.5) is 0 Å². The van der Waals surface area contributed by atoms with Gasteiger partial charge < -0.3 is 0 Å². The summed E-state index contributed by atoms with van der Waals surface area (Å²) in [5.41, 5.74) is 5.18. The van der Waals surface area contributed by atoms with Crippen LogP contribution >= 0.6 is 11.6 Å². The average molecular weight is 211 g/mol. The van der Waals surface area contributed by atoms with Crippen LogP contribution in [0.1, 0.15) is 30.0 Å². The van der Waals surface area contributed by atoms with E-state index in [4.69, 9.17) is 17.4 Å². The Morgan fingerprint density at radius 2 is 2.21 bits per heavy atom. The van der Waals surface area contributed by atoms with Crippen LogP contribution in [0.25, 0.3) is 0 Å². The fourth-order valence-corrected chi connectivity index (χ4v) is 1.93. The number of halogens is 1. The fraction of sp³-hybridized carbons (Fsp3) is 0.455. The Bertz CT molecular complexity index is 334. The number of hydrazine groups is 1. The van der Waals surface area contributed by atoms with Gasteiger partial charge in [0, 0.05) is 11.1 Å². The molecule has 0 saturated heterocycles. The summed E-state index contributed by atoms with van der Waals surface area (Å²) in [6.45, 7) is 2.01. The summed E-state index contributed by atoms with van der Waals surface area (Å²) in [6.07, 6.45) is 2.53. The molecule has 1 aromatic rings. The molecule has 1 atom stereocenters. The van der Waals surface area contributed by atoms with Crippen molar-refractivity contribution in [1.29, 1.82) is 0 Å². The van der Waals surface area contributed by atoms with Gasteiger partial charge in [-0.05, 0) is 42.9 Å². The predicted octanol–water partition coefficient (Wildman–Crippen LogP) is 2.56. The van der Waals surface area contributed by atoms with E-state index in [0.717, 1.165) is 10.6 Å². The smallest absolute Gasteiger partial charge is 0.0488 e. The molecule has 1 saturated carbocycles. The number of nitrogens with one attached hydrogen (secondary N) is 1. The van der Waals surface area contributed by atoms with E-state index in [9.17, 15) is 0 Å². The summed E-state index contributed by atoms with van der Waals surface area (Å²) < 4.78 is 0. The van der Waals surface area contributed by atoms with Gasteiger partial charge in [-0.15, -0.1) is 0 Å². The van der Waals surface area contributed by atoms with E-state index < -0.39 is 0 Å². The molecule has 3 heteroatoms. The molecule has 2 nitrogen and oxygen atoms in total. The molecular weight excluding hydrogens is 196 g/mol. The minimum Gasteiger partial charge on any atom is -0.271 e. The van der Waals surface area contributed by atoms with Crippen molar-refractivity contribution in [2.24, 2.45) is 11.8 Å². The minimum atomic E-state index is 0.271. The lowest BCUT2D eigenvalue weighted by atomic mass is 10.0. The number of nitrogens with two attached hydrogens (primary N) is 1. The van der Waals surface area contributed by atoms with Crippen molar-refractivity contribution in [1.82, 2.24) is 5.43 Å². The van der Waals surface area contributed by atoms with Gasteiger partial charge in [0.2, 0.25) is 0 Å². The van der Waals surface area contributed by atoms with Gasteiger partial charge in [-0.25, -0.2) is 0 Å². The molecule has 1 aliphatic rings. The van der Waals surface area contributed by atoms with E-state index in [1.165, 1.54) is 18.4 Å². The topological polar surface area (TPSA) is 38.0 Å². The van der Waals surface area contributed by atoms with Crippen LogP contribution < -0.4 is 11.3 Å². The molecule has 0 aliphatic heterocycles. The molecule has 0 heterocycles. The monoisotopic (exact) mass is 210 g/mol. The molecule has 14 heavy (non-hydrogen) atoms. The van der Waals surface area contributed by atoms with Crippen molar-refractivity contribution < 1.29 is 0 Å². The highest BCUT2D eigenvalue weighted by Crippen LogP contribution is 2.41. The highest BCUT2D eigenvalue weighted by atomic mass is 35.5. The van der Waals surface area contributed by atoms with Gasteiger partial charge in [0.05, 0.1) is 0 Å². The predicted molar refractivity (Wildman–Crippen MR) is 59.0 cm³/mol. The molecule has 76 valence electrons. The number of hydrogen-bond donors (Lipinski definition) is 2. The summed E-state index contributed by atoms with van der Waals surface area (Å²) in [6, 6.07) is 6.43. The number of rotatable bonds is 3. The van der Waals surface area contributed by atoms with Crippen LogP contribution in [-0.4, -0.2) is 0 Å². The largest absolute Gasteiger partial charge is 0.271 e. The molecule has 1 unspecified atom stereocenters. The molecular formula is C11H15ClN2. The number of benzene rings is 1. The molecule has 0 aromatic heterocycles. The summed E-state index contributed by atoms with van der Waals surface area (Å²) in [7, 11) is 0. The Morgan fingerprint density at radius 1 is 1.50 bits per heavy atom. The summed E-state index contributed by atoms with van der Waals surface area (Å²) in [5.74, 6) is 6.23. The number of hydrogen-bond acceptors (Lipinski definition) is 2. The van der Waals surface area contributed by atoms with E-state index in [1.807, 2.05) is 19.1 Å². The van der Waals surface area contributed by atoms with Gasteiger partial charge in [-0.3, -0.25) is 11.3 Å². The van der Waals surface area contributed by atoms with E-state index in [-0.39, 0.29) is 6.04 Å². The van der Waals surface area contributed by atoms with Crippen LogP contribution in [-0.2, 0) is 0 Å². The molecule has 0 radical (unpaired) electrons. The van der Waals surface area contributed by atoms with E-state index in [1.54, 1.807) is 0 Å². The third kappa shape index (κ3) is 1.92. The second-order valence-corrected chi connectivity index (χ2v) is 4.40. The summed E-state index contributed by atoms with van der Waals surface area (Å²) in [5, 5.41) is 0.823. The molecule has 1 aliphatic carbocycles. The van der Waals surface area contributed by atoms with Gasteiger partial charge in [-0.1, -0.05) is 23.7 Å². The van der Waals surface area contributed by atoms with Crippen LogP contribution in [0.3, 0.4) is 0 Å². The Labute approximate surface area is 89.4 Å². The highest BCUT2D eigenvalue weighted by molar-refractivity contribution is 6.31. The van der Waals surface area contributed by atoms with Crippen molar-refractivity contribution in [3.63, 3.8) is 0 Å². The normalized spacial score (nSPS) is 18.2. The standard InChI is InChI=1S/C11H15ClN2/c1-7-2-3-9(6-10(7)12)11(14-13)8-4-5-8/h2-3,6,8,11,14H,4-5,13H2,1H3. The lowest BCUT2D eigenvalue weighted by Gasteiger charge is -2.16. The average Bonchev–Trinajstić information content (AvgIpc) is 2.96. The first-order chi connectivity index (χ1) is 6.72. The maximum absolute atomic E-state index is 6.07. The Hall–Kier alpha value is -0.570. The lowest BCUT2D eigenvalue weighted by molar-refractivity contribution is 0.496. The van der Waals surface area contributed by atoms with Crippen molar-refractivity contribution >= 4 is 11.6 Å². The van der Waals surface area contributed by atoms with Crippen molar-refractivity contribution in [3.05, 3.63) is 34.3 Å². The molecule has 0 amide bonds. The third-order valence-electron chi connectivity index (χ3n) is 2.83. The van der Waals surface area contributed by atoms with Crippen LogP contribution in [0, 0.1) is 12.8 Å². The van der Waals surface area contributed by atoms with Gasteiger partial charge >= 0.3 is 0 Å². The molecule has 1 fully saturated rings. The maximum atomic E-state index is 6.07. The Morgan fingerprint density at radius 3 is 2.71 bits per heavy atom. The van der Waals surface area contributed by atoms with E-state index in [2.05, 4.69) is 11.5 Å². The van der Waals surface area contributed by atoms with Crippen LogP contribution in [0.2, 0.25) is 5.02 Å². The zero-order valence-corrected chi connectivity index (χ0v) is 9.01. The minimum absolute atomic E-state index is 0.271. The van der Waals surface area contributed by atoms with Gasteiger partial charge in [-0.2, -0.15) is 0 Å². The summed E-state index contributed by atoms with van der Waals surface area (Å²) >= 11 is 6.07. The van der Waals surface area contributed by atoms with Crippen molar-refractivity contribution in [2.45, 2.75) is 25.8 Å². The third-order valence-corrected chi connectivity index (χ3v) is 3.24. The second-order valence-electron chi connectivity index (χ2n) is 3.99. The molecule has 1 aromatic carbocycles. The van der Waals surface area contributed by atoms with E-state index in [0.29, 0.717) is 5.92 Å². The molecule has 0 spiro atoms. The van der Waals surface area contributed by atoms with E-state index >= 15 is 0 Å². The first kappa shape index (κ1) is 9.97. The lowest BCUT2D eigenvalue weighted by Crippen LogP contribution is -2.29. The molecule has 0 bridgehead atoms. The Kier molecular flexibility index (Phi) is 2.77. The van der Waals surface area contributed by atoms with Crippen molar-refractivity contribution in [3.8, 4) is 0 Å². The second kappa shape index (κ2) is 3.89. The number of aryl methyl sites for hydroxylation is 1. The van der Waals surface area contributed by atoms with Crippen LogP contribution in [0.15, 0.2) is 18.2 Å². The maximum Gasteiger partial charge on any atom is 0.0488 e. The molecule has 2 rings (SSSR count). The zero-order chi connectivity index (χ0) is 10.1. The van der Waals surface area contributed by atoms with Crippen molar-refractivity contribution in [2.75, 3.05) is 0 Å². The zero-order valence-electron chi connectivity index (χ0n) is 8.26. The molecule has 3 N–H and O–H groups in total. The van der Waals surface area contributed by atoms with Gasteiger partial charge in [0.25, 0.3) is 0 Å². The first-order valence-corrected chi connectivity index (χ1v) is 5.32. The van der Waals surface area contributed by atoms with Crippen LogP contribution in [0.5, 0.6) is 0 Å². The summed E-state index contributed by atoms with van der Waals surface area (Å²) in [4.78, 5) is 0. The quantitative estimate of drug-likeness (QED) is 0.595. The first-order valence-electron chi connectivity index (χ1n) is 4.94. The Balaban J connectivity index is 2.25. The fourth-order valence-electron chi connectivity index (χ4n) is 1.74. The highest BCUT2D eigenvalue weighted by Gasteiger charge is 2.31.